The van der Waals surface area contributed by atoms with Crippen LogP contribution in [-0.4, -0.2) is 4.98 Å². The molecule has 2 nitrogen and oxygen atoms in total. The van der Waals surface area contributed by atoms with Gasteiger partial charge in [0.25, 0.3) is 0 Å². The molecule has 0 amide bonds. The largest absolute Gasteiger partial charge is 0.310 e. The van der Waals surface area contributed by atoms with Crippen molar-refractivity contribution in [3.05, 3.63) is 158 Å². The zero-order chi connectivity index (χ0) is 27.9. The summed E-state index contributed by atoms with van der Waals surface area (Å²) in [5.41, 5.74) is 9.24. The van der Waals surface area contributed by atoms with Crippen LogP contribution in [0.3, 0.4) is 0 Å². The van der Waals surface area contributed by atoms with Crippen molar-refractivity contribution in [1.82, 2.24) is 4.98 Å². The van der Waals surface area contributed by atoms with Crippen molar-refractivity contribution in [2.24, 2.45) is 0 Å². The molecule has 0 bridgehead atoms. The predicted octanol–water partition coefficient (Wildman–Crippen LogP) is 11.4. The minimum atomic E-state index is 1.03. The molecule has 0 N–H and O–H groups in total. The number of fused-ring (bicyclic) bond motifs is 4. The second-order valence-electron chi connectivity index (χ2n) is 10.5. The van der Waals surface area contributed by atoms with Crippen molar-refractivity contribution >= 4 is 59.5 Å². The summed E-state index contributed by atoms with van der Waals surface area (Å²) in [6, 6.07) is 54.3. The molecule has 8 aromatic rings. The molecule has 0 aliphatic rings. The van der Waals surface area contributed by atoms with Gasteiger partial charge in [0, 0.05) is 48.8 Å². The number of aromatic nitrogens is 1. The van der Waals surface area contributed by atoms with E-state index in [1.807, 2.05) is 23.6 Å². The van der Waals surface area contributed by atoms with Crippen molar-refractivity contribution in [1.29, 1.82) is 0 Å². The monoisotopic (exact) mass is 554 g/mol. The molecule has 0 radical (unpaired) electrons. The number of pyridine rings is 1. The fraction of sp³-hybridized carbons (Fsp3) is 0. The molecule has 0 aliphatic heterocycles. The Balaban J connectivity index is 1.27. The first-order valence-corrected chi connectivity index (χ1v) is 14.9. The van der Waals surface area contributed by atoms with Crippen molar-refractivity contribution in [3.63, 3.8) is 0 Å². The van der Waals surface area contributed by atoms with E-state index in [0.29, 0.717) is 0 Å². The summed E-state index contributed by atoms with van der Waals surface area (Å²) in [4.78, 5) is 6.98. The minimum absolute atomic E-state index is 1.03. The van der Waals surface area contributed by atoms with Gasteiger partial charge in [-0.2, -0.15) is 0 Å². The van der Waals surface area contributed by atoms with Gasteiger partial charge in [-0.25, -0.2) is 0 Å². The van der Waals surface area contributed by atoms with E-state index in [9.17, 15) is 0 Å². The quantitative estimate of drug-likeness (QED) is 0.210. The molecule has 0 saturated heterocycles. The summed E-state index contributed by atoms with van der Waals surface area (Å²) in [5, 5.41) is 3.68. The van der Waals surface area contributed by atoms with Gasteiger partial charge in [-0.15, -0.1) is 11.3 Å². The van der Waals surface area contributed by atoms with Crippen LogP contribution in [0.25, 0.3) is 53.3 Å². The summed E-state index contributed by atoms with van der Waals surface area (Å²) >= 11 is 1.84. The molecule has 3 heteroatoms. The van der Waals surface area contributed by atoms with Gasteiger partial charge < -0.3 is 4.90 Å². The van der Waals surface area contributed by atoms with Crippen LogP contribution in [0.5, 0.6) is 0 Å². The predicted molar refractivity (Wildman–Crippen MR) is 180 cm³/mol. The highest BCUT2D eigenvalue weighted by molar-refractivity contribution is 7.25. The van der Waals surface area contributed by atoms with Gasteiger partial charge in [0.15, 0.2) is 0 Å². The van der Waals surface area contributed by atoms with Crippen molar-refractivity contribution in [3.8, 4) is 22.3 Å². The van der Waals surface area contributed by atoms with Crippen LogP contribution in [0, 0.1) is 0 Å². The van der Waals surface area contributed by atoms with Gasteiger partial charge in [0.1, 0.15) is 0 Å². The molecule has 198 valence electrons. The third kappa shape index (κ3) is 4.41. The van der Waals surface area contributed by atoms with Crippen LogP contribution in [0.1, 0.15) is 0 Å². The number of hydrogen-bond acceptors (Lipinski definition) is 3. The van der Waals surface area contributed by atoms with E-state index >= 15 is 0 Å². The lowest BCUT2D eigenvalue weighted by Crippen LogP contribution is -2.09. The molecular weight excluding hydrogens is 529 g/mol. The lowest BCUT2D eigenvalue weighted by molar-refractivity contribution is 1.29. The summed E-state index contributed by atoms with van der Waals surface area (Å²) in [6.07, 6.45) is 1.87. The van der Waals surface area contributed by atoms with E-state index in [-0.39, 0.29) is 0 Å². The van der Waals surface area contributed by atoms with Crippen molar-refractivity contribution in [2.75, 3.05) is 4.90 Å². The first-order chi connectivity index (χ1) is 20.8. The standard InChI is InChI=1S/C39H26N2S/c1-3-8-27(9-4-1)29-13-17-32(18-14-29)41(33-19-15-30(16-20-33)28-10-5-2-6-11-28)34-21-22-38-35(25-34)36-26-37-31(12-7-23-40-37)24-39(36)42-38/h1-26H. The molecule has 2 heterocycles. The number of benzene rings is 6. The molecule has 0 aliphatic carbocycles. The Morgan fingerprint density at radius 3 is 1.60 bits per heavy atom. The molecule has 8 rings (SSSR count). The average Bonchev–Trinajstić information content (AvgIpc) is 3.42. The van der Waals surface area contributed by atoms with E-state index in [1.54, 1.807) is 0 Å². The Kier molecular flexibility index (Phi) is 6.02. The topological polar surface area (TPSA) is 16.1 Å². The summed E-state index contributed by atoms with van der Waals surface area (Å²) in [5.74, 6) is 0. The maximum Gasteiger partial charge on any atom is 0.0709 e. The van der Waals surface area contributed by atoms with Gasteiger partial charge in [0.05, 0.1) is 5.52 Å². The molecule has 0 spiro atoms. The third-order valence-electron chi connectivity index (χ3n) is 7.90. The molecule has 0 atom stereocenters. The normalized spacial score (nSPS) is 11.3. The minimum Gasteiger partial charge on any atom is -0.310 e. The Morgan fingerprint density at radius 1 is 0.429 bits per heavy atom. The van der Waals surface area contributed by atoms with Gasteiger partial charge in [-0.05, 0) is 82.9 Å². The molecule has 2 aromatic heterocycles. The van der Waals surface area contributed by atoms with Gasteiger partial charge in [-0.1, -0.05) is 91.0 Å². The molecule has 0 unspecified atom stereocenters. The molecule has 0 fully saturated rings. The Labute approximate surface area is 248 Å². The Morgan fingerprint density at radius 2 is 0.976 bits per heavy atom. The zero-order valence-corrected chi connectivity index (χ0v) is 23.6. The molecule has 0 saturated carbocycles. The van der Waals surface area contributed by atoms with Crippen LogP contribution in [0.15, 0.2) is 158 Å². The molecular formula is C39H26N2S. The average molecular weight is 555 g/mol. The Bertz CT molecular complexity index is 2080. The number of rotatable bonds is 5. The fourth-order valence-corrected chi connectivity index (χ4v) is 6.90. The first kappa shape index (κ1) is 24.5. The molecule has 6 aromatic carbocycles. The zero-order valence-electron chi connectivity index (χ0n) is 22.8. The van der Waals surface area contributed by atoms with E-state index < -0.39 is 0 Å². The van der Waals surface area contributed by atoms with Crippen molar-refractivity contribution in [2.45, 2.75) is 0 Å². The number of hydrogen-bond donors (Lipinski definition) is 0. The van der Waals surface area contributed by atoms with Gasteiger partial charge >= 0.3 is 0 Å². The van der Waals surface area contributed by atoms with Crippen LogP contribution in [0.2, 0.25) is 0 Å². The highest BCUT2D eigenvalue weighted by Crippen LogP contribution is 2.42. The SMILES string of the molecule is c1ccc(-c2ccc(N(c3ccc(-c4ccccc4)cc3)c3ccc4sc5cc6cccnc6cc5c4c3)cc2)cc1. The van der Waals surface area contributed by atoms with Crippen molar-refractivity contribution < 1.29 is 0 Å². The Hall–Kier alpha value is -5.25. The molecule has 42 heavy (non-hydrogen) atoms. The summed E-state index contributed by atoms with van der Waals surface area (Å²) in [6.45, 7) is 0. The highest BCUT2D eigenvalue weighted by atomic mass is 32.1. The highest BCUT2D eigenvalue weighted by Gasteiger charge is 2.16. The van der Waals surface area contributed by atoms with Crippen LogP contribution >= 0.6 is 11.3 Å². The van der Waals surface area contributed by atoms with Gasteiger partial charge in [0.2, 0.25) is 0 Å². The smallest absolute Gasteiger partial charge is 0.0709 e. The fourth-order valence-electron chi connectivity index (χ4n) is 5.78. The number of thiophene rings is 1. The lowest BCUT2D eigenvalue weighted by atomic mass is 10.0. The second-order valence-corrected chi connectivity index (χ2v) is 11.6. The maximum atomic E-state index is 4.63. The van der Waals surface area contributed by atoms with Crippen LogP contribution < -0.4 is 4.90 Å². The lowest BCUT2D eigenvalue weighted by Gasteiger charge is -2.26. The van der Waals surface area contributed by atoms with E-state index in [0.717, 1.165) is 22.6 Å². The third-order valence-corrected chi connectivity index (χ3v) is 9.03. The van der Waals surface area contributed by atoms with E-state index in [1.165, 1.54) is 47.8 Å². The first-order valence-electron chi connectivity index (χ1n) is 14.1. The second kappa shape index (κ2) is 10.3. The maximum absolute atomic E-state index is 4.63. The summed E-state index contributed by atoms with van der Waals surface area (Å²) in [7, 11) is 0. The van der Waals surface area contributed by atoms with Crippen LogP contribution in [0.4, 0.5) is 17.1 Å². The number of nitrogens with zero attached hydrogens (tertiary/aromatic N) is 2. The van der Waals surface area contributed by atoms with E-state index in [4.69, 9.17) is 0 Å². The summed E-state index contributed by atoms with van der Waals surface area (Å²) < 4.78 is 2.57. The van der Waals surface area contributed by atoms with E-state index in [2.05, 4.69) is 155 Å². The van der Waals surface area contributed by atoms with Gasteiger partial charge in [-0.3, -0.25) is 4.98 Å². The number of anilines is 3. The van der Waals surface area contributed by atoms with Crippen LogP contribution in [-0.2, 0) is 0 Å².